The molecular formula is C8H14NO. The van der Waals surface area contributed by atoms with Gasteiger partial charge in [0.15, 0.2) is 0 Å². The largest absolute Gasteiger partial charge is 0.311 e. The molecule has 3 unspecified atom stereocenters. The van der Waals surface area contributed by atoms with E-state index in [9.17, 15) is 5.11 Å². The zero-order valence-electron chi connectivity index (χ0n) is 6.39. The number of hydrogen-bond acceptors (Lipinski definition) is 1. The van der Waals surface area contributed by atoms with Gasteiger partial charge in [-0.3, -0.25) is 0 Å². The third kappa shape index (κ3) is 0.789. The van der Waals surface area contributed by atoms with E-state index in [2.05, 4.69) is 5.32 Å². The van der Waals surface area contributed by atoms with E-state index in [4.69, 9.17) is 0 Å². The molecule has 2 aliphatic rings. The van der Waals surface area contributed by atoms with Crippen molar-refractivity contribution in [3.8, 4) is 0 Å². The molecule has 0 aromatic carbocycles. The smallest absolute Gasteiger partial charge is 0.0948 e. The summed E-state index contributed by atoms with van der Waals surface area (Å²) in [6.45, 7) is 2.92. The van der Waals surface area contributed by atoms with Gasteiger partial charge in [0.05, 0.1) is 6.10 Å². The Labute approximate surface area is 61.6 Å². The fourth-order valence-corrected chi connectivity index (χ4v) is 2.27. The molecular weight excluding hydrogens is 126 g/mol. The molecule has 1 saturated heterocycles. The molecule has 1 N–H and O–H groups in total. The molecule has 0 amide bonds. The van der Waals surface area contributed by atoms with Crippen molar-refractivity contribution in [3.63, 3.8) is 0 Å². The molecule has 2 heteroatoms. The van der Waals surface area contributed by atoms with Crippen LogP contribution in [0.2, 0.25) is 0 Å². The zero-order valence-corrected chi connectivity index (χ0v) is 6.39. The summed E-state index contributed by atoms with van der Waals surface area (Å²) in [6.07, 6.45) is 3.29. The minimum absolute atomic E-state index is 0.321. The number of rotatable bonds is 1. The highest BCUT2D eigenvalue weighted by atomic mass is 16.3. The zero-order chi connectivity index (χ0) is 7.19. The highest BCUT2D eigenvalue weighted by Gasteiger charge is 2.57. The summed E-state index contributed by atoms with van der Waals surface area (Å²) in [6, 6.07) is 0. The van der Waals surface area contributed by atoms with Crippen molar-refractivity contribution in [1.29, 1.82) is 0 Å². The van der Waals surface area contributed by atoms with Crippen molar-refractivity contribution in [3.05, 3.63) is 0 Å². The molecule has 1 aliphatic carbocycles. The van der Waals surface area contributed by atoms with E-state index >= 15 is 0 Å². The molecule has 1 spiro atoms. The van der Waals surface area contributed by atoms with Gasteiger partial charge in [0.2, 0.25) is 0 Å². The van der Waals surface area contributed by atoms with Crippen LogP contribution < -0.4 is 5.32 Å². The molecule has 10 heavy (non-hydrogen) atoms. The molecule has 57 valence electrons. The Morgan fingerprint density at radius 3 is 2.90 bits per heavy atom. The third-order valence-corrected chi connectivity index (χ3v) is 2.98. The summed E-state index contributed by atoms with van der Waals surface area (Å²) in [4.78, 5) is 0. The van der Waals surface area contributed by atoms with Crippen LogP contribution in [0.25, 0.3) is 0 Å². The first kappa shape index (κ1) is 6.62. The van der Waals surface area contributed by atoms with Crippen LogP contribution in [0.5, 0.6) is 0 Å². The second-order valence-electron chi connectivity index (χ2n) is 3.70. The molecule has 1 aliphatic heterocycles. The maximum Gasteiger partial charge on any atom is 0.0948 e. The molecule has 0 aromatic rings. The second kappa shape index (κ2) is 1.95. The Bertz CT molecular complexity index is 138. The maximum absolute atomic E-state index is 11.0. The van der Waals surface area contributed by atoms with Crippen LogP contribution in [-0.4, -0.2) is 18.2 Å². The average molecular weight is 140 g/mol. The van der Waals surface area contributed by atoms with Crippen molar-refractivity contribution in [1.82, 2.24) is 5.32 Å². The molecule has 0 aromatic heterocycles. The Kier molecular flexibility index (Phi) is 1.29. The molecule has 2 nitrogen and oxygen atoms in total. The van der Waals surface area contributed by atoms with Gasteiger partial charge in [-0.1, -0.05) is 0 Å². The topological polar surface area (TPSA) is 31.9 Å². The Hall–Kier alpha value is -0.0800. The summed E-state index contributed by atoms with van der Waals surface area (Å²) in [5.41, 5.74) is 0.321. The van der Waals surface area contributed by atoms with E-state index in [1.54, 1.807) is 6.92 Å². The quantitative estimate of drug-likeness (QED) is 0.577. The van der Waals surface area contributed by atoms with Gasteiger partial charge >= 0.3 is 0 Å². The van der Waals surface area contributed by atoms with Crippen molar-refractivity contribution >= 4 is 0 Å². The lowest BCUT2D eigenvalue weighted by atomic mass is 10.1. The Balaban J connectivity index is 1.97. The van der Waals surface area contributed by atoms with Gasteiger partial charge in [0.25, 0.3) is 0 Å². The van der Waals surface area contributed by atoms with E-state index in [0.717, 1.165) is 13.0 Å². The highest BCUT2D eigenvalue weighted by molar-refractivity contribution is 5.14. The van der Waals surface area contributed by atoms with Gasteiger partial charge in [-0.2, -0.15) is 0 Å². The summed E-state index contributed by atoms with van der Waals surface area (Å²) in [5, 5.41) is 14.4. The standard InChI is InChI=1S/C8H14NO/c1-6(10)7-5-8(7)3-2-4-9-8/h6-7,9H,2-5H2,1H3. The van der Waals surface area contributed by atoms with E-state index < -0.39 is 0 Å². The van der Waals surface area contributed by atoms with Crippen LogP contribution in [0.1, 0.15) is 26.2 Å². The van der Waals surface area contributed by atoms with Gasteiger partial charge in [-0.15, -0.1) is 0 Å². The summed E-state index contributed by atoms with van der Waals surface area (Å²) >= 11 is 0. The average Bonchev–Trinajstić information content (AvgIpc) is 2.32. The monoisotopic (exact) mass is 140 g/mol. The van der Waals surface area contributed by atoms with E-state index in [-0.39, 0.29) is 6.10 Å². The summed E-state index contributed by atoms with van der Waals surface area (Å²) < 4.78 is 0. The van der Waals surface area contributed by atoms with Gasteiger partial charge < -0.3 is 5.32 Å². The van der Waals surface area contributed by atoms with Gasteiger partial charge in [-0.25, -0.2) is 5.11 Å². The first-order valence-corrected chi connectivity index (χ1v) is 4.15. The molecule has 1 radical (unpaired) electrons. The predicted octanol–water partition coefficient (Wildman–Crippen LogP) is 0.948. The van der Waals surface area contributed by atoms with Crippen LogP contribution in [0, 0.1) is 5.92 Å². The molecule has 2 fully saturated rings. The van der Waals surface area contributed by atoms with Gasteiger partial charge in [0, 0.05) is 11.5 Å². The minimum atomic E-state index is -0.356. The maximum atomic E-state index is 11.0. The first-order valence-electron chi connectivity index (χ1n) is 4.15. The Morgan fingerprint density at radius 1 is 1.70 bits per heavy atom. The van der Waals surface area contributed by atoms with Crippen molar-refractivity contribution < 1.29 is 5.11 Å². The lowest BCUT2D eigenvalue weighted by Gasteiger charge is -2.09. The van der Waals surface area contributed by atoms with Crippen LogP contribution in [-0.2, 0) is 5.11 Å². The van der Waals surface area contributed by atoms with Gasteiger partial charge in [-0.05, 0) is 32.7 Å². The number of hydrogen-bond donors (Lipinski definition) is 1. The lowest BCUT2D eigenvalue weighted by Crippen LogP contribution is -2.28. The lowest BCUT2D eigenvalue weighted by molar-refractivity contribution is 0.0777. The molecule has 1 saturated carbocycles. The highest BCUT2D eigenvalue weighted by Crippen LogP contribution is 2.51. The van der Waals surface area contributed by atoms with Crippen LogP contribution in [0.4, 0.5) is 0 Å². The predicted molar refractivity (Wildman–Crippen MR) is 38.2 cm³/mol. The first-order chi connectivity index (χ1) is 4.75. The van der Waals surface area contributed by atoms with Crippen LogP contribution in [0.3, 0.4) is 0 Å². The third-order valence-electron chi connectivity index (χ3n) is 2.98. The summed E-state index contributed by atoms with van der Waals surface area (Å²) in [5.74, 6) is 0.440. The number of nitrogens with one attached hydrogen (secondary N) is 1. The normalized spacial score (nSPS) is 48.0. The molecule has 1 heterocycles. The summed E-state index contributed by atoms with van der Waals surface area (Å²) in [7, 11) is 0. The van der Waals surface area contributed by atoms with Crippen molar-refractivity contribution in [2.24, 2.45) is 5.92 Å². The van der Waals surface area contributed by atoms with E-state index in [1.165, 1.54) is 12.8 Å². The minimum Gasteiger partial charge on any atom is -0.311 e. The fraction of sp³-hybridized carbons (Fsp3) is 1.00. The SMILES string of the molecule is CC([O])C1CC12CCCN2. The second-order valence-corrected chi connectivity index (χ2v) is 3.70. The molecule has 2 rings (SSSR count). The van der Waals surface area contributed by atoms with Crippen molar-refractivity contribution in [2.75, 3.05) is 6.54 Å². The van der Waals surface area contributed by atoms with E-state index in [0.29, 0.717) is 11.5 Å². The van der Waals surface area contributed by atoms with Gasteiger partial charge in [0.1, 0.15) is 0 Å². The van der Waals surface area contributed by atoms with Crippen LogP contribution >= 0.6 is 0 Å². The fourth-order valence-electron chi connectivity index (χ4n) is 2.27. The molecule has 0 bridgehead atoms. The Morgan fingerprint density at radius 2 is 2.50 bits per heavy atom. The van der Waals surface area contributed by atoms with Crippen LogP contribution in [0.15, 0.2) is 0 Å². The van der Waals surface area contributed by atoms with Crippen molar-refractivity contribution in [2.45, 2.75) is 37.8 Å². The van der Waals surface area contributed by atoms with E-state index in [1.807, 2.05) is 0 Å². The molecule has 3 atom stereocenters.